The van der Waals surface area contributed by atoms with Gasteiger partial charge in [-0.15, -0.1) is 11.8 Å². The van der Waals surface area contributed by atoms with Gasteiger partial charge in [-0.05, 0) is 36.6 Å². The molecule has 0 saturated carbocycles. The molecule has 3 heteroatoms. The van der Waals surface area contributed by atoms with Crippen molar-refractivity contribution < 1.29 is 0 Å². The summed E-state index contributed by atoms with van der Waals surface area (Å²) in [6, 6.07) is 8.61. The van der Waals surface area contributed by atoms with Crippen LogP contribution < -0.4 is 4.90 Å². The Hall–Kier alpha value is -1.14. The summed E-state index contributed by atoms with van der Waals surface area (Å²) >= 11 is 1.66. The van der Waals surface area contributed by atoms with Gasteiger partial charge in [0.1, 0.15) is 6.07 Å². The molecule has 1 saturated heterocycles. The van der Waals surface area contributed by atoms with E-state index in [1.807, 2.05) is 12.3 Å². The Morgan fingerprint density at radius 2 is 1.90 bits per heavy atom. The minimum atomic E-state index is 0.528. The lowest BCUT2D eigenvalue weighted by atomic mass is 9.74. The van der Waals surface area contributed by atoms with E-state index >= 15 is 0 Å². The van der Waals surface area contributed by atoms with Crippen LogP contribution >= 0.6 is 11.8 Å². The zero-order valence-electron chi connectivity index (χ0n) is 12.8. The fourth-order valence-electron chi connectivity index (χ4n) is 3.24. The summed E-state index contributed by atoms with van der Waals surface area (Å²) < 4.78 is 0. The first kappa shape index (κ1) is 15.3. The van der Waals surface area contributed by atoms with Crippen LogP contribution in [0.2, 0.25) is 0 Å². The lowest BCUT2D eigenvalue weighted by Crippen LogP contribution is -2.40. The Labute approximate surface area is 127 Å². The molecule has 1 heterocycles. The van der Waals surface area contributed by atoms with Crippen molar-refractivity contribution in [2.75, 3.05) is 24.2 Å². The van der Waals surface area contributed by atoms with Crippen molar-refractivity contribution in [1.82, 2.24) is 0 Å². The lowest BCUT2D eigenvalue weighted by Gasteiger charge is -2.42. The molecule has 2 nitrogen and oxygen atoms in total. The largest absolute Gasteiger partial charge is 0.370 e. The van der Waals surface area contributed by atoms with Gasteiger partial charge >= 0.3 is 0 Å². The molecule has 1 aromatic carbocycles. The van der Waals surface area contributed by atoms with E-state index in [0.29, 0.717) is 5.41 Å². The number of thioether (sulfide) groups is 1. The van der Waals surface area contributed by atoms with E-state index in [4.69, 9.17) is 0 Å². The van der Waals surface area contributed by atoms with E-state index in [1.165, 1.54) is 25.7 Å². The maximum absolute atomic E-state index is 9.47. The average molecular weight is 288 g/mol. The van der Waals surface area contributed by atoms with Crippen molar-refractivity contribution in [3.63, 3.8) is 0 Å². The molecule has 0 aliphatic carbocycles. The highest BCUT2D eigenvalue weighted by atomic mass is 32.2. The van der Waals surface area contributed by atoms with Crippen molar-refractivity contribution in [2.45, 2.75) is 44.4 Å². The SMILES string of the molecule is CCC1(CC)CCN(c2cccc(SC)c2C#N)CC1. The molecule has 0 atom stereocenters. The molecule has 1 aliphatic heterocycles. The average Bonchev–Trinajstić information content (AvgIpc) is 2.54. The Morgan fingerprint density at radius 3 is 2.40 bits per heavy atom. The second kappa shape index (κ2) is 6.54. The monoisotopic (exact) mass is 288 g/mol. The molecule has 0 amide bonds. The molecule has 108 valence electrons. The summed E-state index contributed by atoms with van der Waals surface area (Å²) in [5.41, 5.74) is 2.50. The van der Waals surface area contributed by atoms with Crippen LogP contribution in [0.5, 0.6) is 0 Å². The molecule has 0 aromatic heterocycles. The van der Waals surface area contributed by atoms with Gasteiger partial charge in [0.05, 0.1) is 11.3 Å². The van der Waals surface area contributed by atoms with Crippen molar-refractivity contribution in [1.29, 1.82) is 5.26 Å². The Balaban J connectivity index is 2.21. The highest BCUT2D eigenvalue weighted by Crippen LogP contribution is 2.40. The first-order valence-electron chi connectivity index (χ1n) is 7.51. The van der Waals surface area contributed by atoms with Gasteiger partial charge in [0, 0.05) is 18.0 Å². The fourth-order valence-corrected chi connectivity index (χ4v) is 3.81. The van der Waals surface area contributed by atoms with Crippen molar-refractivity contribution in [3.05, 3.63) is 23.8 Å². The molecule has 0 N–H and O–H groups in total. The molecule has 0 unspecified atom stereocenters. The third-order valence-corrected chi connectivity index (χ3v) is 5.78. The summed E-state index contributed by atoms with van der Waals surface area (Å²) in [4.78, 5) is 3.50. The normalized spacial score (nSPS) is 17.8. The predicted octanol–water partition coefficient (Wildman–Crippen LogP) is 4.69. The first-order valence-corrected chi connectivity index (χ1v) is 8.74. The van der Waals surface area contributed by atoms with Crippen LogP contribution in [0.15, 0.2) is 23.1 Å². The molecule has 1 aliphatic rings. The standard InChI is InChI=1S/C17H24N2S/c1-4-17(5-2)9-11-19(12-10-17)15-7-6-8-16(20-3)14(15)13-18/h6-8H,4-5,9-12H2,1-3H3. The Kier molecular flexibility index (Phi) is 4.99. The Morgan fingerprint density at radius 1 is 1.25 bits per heavy atom. The van der Waals surface area contributed by atoms with E-state index in [9.17, 15) is 5.26 Å². The maximum atomic E-state index is 9.47. The van der Waals surface area contributed by atoms with Crippen LogP contribution in [0.1, 0.15) is 45.1 Å². The van der Waals surface area contributed by atoms with Gasteiger partial charge in [-0.3, -0.25) is 0 Å². The molecule has 0 bridgehead atoms. The number of hydrogen-bond donors (Lipinski definition) is 0. The predicted molar refractivity (Wildman–Crippen MR) is 87.4 cm³/mol. The van der Waals surface area contributed by atoms with Crippen LogP contribution in [0.25, 0.3) is 0 Å². The van der Waals surface area contributed by atoms with Gasteiger partial charge in [0.15, 0.2) is 0 Å². The number of nitrogens with zero attached hydrogens (tertiary/aromatic N) is 2. The van der Waals surface area contributed by atoms with Crippen LogP contribution in [0, 0.1) is 16.7 Å². The smallest absolute Gasteiger partial charge is 0.103 e. The molecule has 1 aromatic rings. The zero-order valence-corrected chi connectivity index (χ0v) is 13.6. The van der Waals surface area contributed by atoms with Gasteiger partial charge in [-0.2, -0.15) is 5.26 Å². The highest BCUT2D eigenvalue weighted by molar-refractivity contribution is 7.98. The molecule has 20 heavy (non-hydrogen) atoms. The number of hydrogen-bond acceptors (Lipinski definition) is 3. The zero-order chi connectivity index (χ0) is 14.6. The van der Waals surface area contributed by atoms with Gasteiger partial charge in [-0.1, -0.05) is 32.8 Å². The number of rotatable bonds is 4. The fraction of sp³-hybridized carbons (Fsp3) is 0.588. The highest BCUT2D eigenvalue weighted by Gasteiger charge is 2.32. The topological polar surface area (TPSA) is 27.0 Å². The maximum Gasteiger partial charge on any atom is 0.103 e. The van der Waals surface area contributed by atoms with Crippen molar-refractivity contribution >= 4 is 17.4 Å². The van der Waals surface area contributed by atoms with Crippen molar-refractivity contribution in [2.24, 2.45) is 5.41 Å². The summed E-state index contributed by atoms with van der Waals surface area (Å²) in [7, 11) is 0. The van der Waals surface area contributed by atoms with Gasteiger partial charge < -0.3 is 4.90 Å². The van der Waals surface area contributed by atoms with E-state index in [1.54, 1.807) is 11.8 Å². The van der Waals surface area contributed by atoms with Crippen molar-refractivity contribution in [3.8, 4) is 6.07 Å². The molecule has 0 spiro atoms. The second-order valence-corrected chi connectivity index (χ2v) is 6.51. The third kappa shape index (κ3) is 2.81. The Bertz CT molecular complexity index is 490. The number of benzene rings is 1. The summed E-state index contributed by atoms with van der Waals surface area (Å²) in [5, 5.41) is 9.47. The van der Waals surface area contributed by atoms with Gasteiger partial charge in [0.2, 0.25) is 0 Å². The molecule has 0 radical (unpaired) electrons. The number of piperidine rings is 1. The number of anilines is 1. The summed E-state index contributed by atoms with van der Waals surface area (Å²) in [6.45, 7) is 6.78. The van der Waals surface area contributed by atoms with E-state index in [0.717, 1.165) is 29.2 Å². The third-order valence-electron chi connectivity index (χ3n) is 5.00. The lowest BCUT2D eigenvalue weighted by molar-refractivity contribution is 0.199. The quantitative estimate of drug-likeness (QED) is 0.752. The number of nitriles is 1. The molecular formula is C17H24N2S. The van der Waals surface area contributed by atoms with E-state index in [-0.39, 0.29) is 0 Å². The first-order chi connectivity index (χ1) is 9.69. The summed E-state index contributed by atoms with van der Waals surface area (Å²) in [5.74, 6) is 0. The van der Waals surface area contributed by atoms with Crippen LogP contribution in [-0.2, 0) is 0 Å². The second-order valence-electron chi connectivity index (χ2n) is 5.66. The summed E-state index contributed by atoms with van der Waals surface area (Å²) in [6.07, 6.45) is 7.07. The molecular weight excluding hydrogens is 264 g/mol. The minimum absolute atomic E-state index is 0.528. The molecule has 1 fully saturated rings. The minimum Gasteiger partial charge on any atom is -0.370 e. The van der Waals surface area contributed by atoms with Crippen LogP contribution in [0.3, 0.4) is 0 Å². The van der Waals surface area contributed by atoms with E-state index < -0.39 is 0 Å². The van der Waals surface area contributed by atoms with Crippen LogP contribution in [0.4, 0.5) is 5.69 Å². The molecule has 2 rings (SSSR count). The van der Waals surface area contributed by atoms with Gasteiger partial charge in [-0.25, -0.2) is 0 Å². The van der Waals surface area contributed by atoms with E-state index in [2.05, 4.69) is 36.9 Å². The van der Waals surface area contributed by atoms with Crippen LogP contribution in [-0.4, -0.2) is 19.3 Å². The van der Waals surface area contributed by atoms with Gasteiger partial charge in [0.25, 0.3) is 0 Å².